The number of benzene rings is 1. The molecule has 0 N–H and O–H groups in total. The van der Waals surface area contributed by atoms with E-state index in [0.717, 1.165) is 18.5 Å². The van der Waals surface area contributed by atoms with Crippen LogP contribution in [0.5, 0.6) is 0 Å². The highest BCUT2D eigenvalue weighted by Crippen LogP contribution is 2.30. The highest BCUT2D eigenvalue weighted by molar-refractivity contribution is 5.93. The Hall–Kier alpha value is -1.51. The van der Waals surface area contributed by atoms with E-state index in [-0.39, 0.29) is 12.1 Å². The minimum absolute atomic E-state index is 0.0691. The third-order valence-corrected chi connectivity index (χ3v) is 3.11. The molecule has 0 radical (unpaired) electrons. The van der Waals surface area contributed by atoms with Crippen molar-refractivity contribution in [3.8, 4) is 0 Å². The topological polar surface area (TPSA) is 23.6 Å². The van der Waals surface area contributed by atoms with Crippen LogP contribution in [0.25, 0.3) is 0 Å². The molecule has 1 aliphatic rings. The molecule has 0 aromatic heterocycles. The van der Waals surface area contributed by atoms with Gasteiger partial charge in [-0.2, -0.15) is 0 Å². The van der Waals surface area contributed by atoms with E-state index in [9.17, 15) is 4.79 Å². The summed E-state index contributed by atoms with van der Waals surface area (Å²) in [6.45, 7) is 2.11. The third kappa shape index (κ3) is 1.77. The Labute approximate surface area is 96.7 Å². The molecule has 2 rings (SSSR count). The van der Waals surface area contributed by atoms with E-state index in [1.807, 2.05) is 23.1 Å². The molecule has 1 atom stereocenters. The Bertz CT molecular complexity index is 401. The standard InChI is InChI=1S/C13H18N2O/c1-10-8-9-11-6-4-5-7-12(11)15(10)13(16)14(2)3/h4-7,10H,8-9H2,1-3H3. The molecule has 16 heavy (non-hydrogen) atoms. The van der Waals surface area contributed by atoms with Crippen LogP contribution in [-0.4, -0.2) is 31.1 Å². The largest absolute Gasteiger partial charge is 0.330 e. The van der Waals surface area contributed by atoms with E-state index in [0.29, 0.717) is 0 Å². The molecule has 0 fully saturated rings. The summed E-state index contributed by atoms with van der Waals surface area (Å²) in [5.74, 6) is 0. The van der Waals surface area contributed by atoms with Gasteiger partial charge in [0.05, 0.1) is 0 Å². The summed E-state index contributed by atoms with van der Waals surface area (Å²) in [5, 5.41) is 0. The Morgan fingerprint density at radius 2 is 2.06 bits per heavy atom. The smallest absolute Gasteiger partial charge is 0.324 e. The van der Waals surface area contributed by atoms with Crippen LogP contribution in [0, 0.1) is 0 Å². The first kappa shape index (κ1) is 11.0. The first-order valence-electron chi connectivity index (χ1n) is 5.69. The second kappa shape index (κ2) is 4.16. The number of amides is 2. The molecule has 1 aromatic carbocycles. The molecule has 1 unspecified atom stereocenters. The van der Waals surface area contributed by atoms with Crippen molar-refractivity contribution in [2.24, 2.45) is 0 Å². The zero-order valence-electron chi connectivity index (χ0n) is 10.1. The van der Waals surface area contributed by atoms with E-state index in [2.05, 4.69) is 13.0 Å². The number of fused-ring (bicyclic) bond motifs is 1. The molecule has 3 heteroatoms. The van der Waals surface area contributed by atoms with Gasteiger partial charge in [-0.05, 0) is 31.4 Å². The van der Waals surface area contributed by atoms with Gasteiger partial charge in [0, 0.05) is 25.8 Å². The Morgan fingerprint density at radius 1 is 1.38 bits per heavy atom. The molecule has 1 heterocycles. The summed E-state index contributed by atoms with van der Waals surface area (Å²) < 4.78 is 0. The minimum Gasteiger partial charge on any atom is -0.330 e. The van der Waals surface area contributed by atoms with Gasteiger partial charge >= 0.3 is 6.03 Å². The van der Waals surface area contributed by atoms with Crippen LogP contribution in [-0.2, 0) is 6.42 Å². The maximum atomic E-state index is 12.1. The zero-order chi connectivity index (χ0) is 11.7. The lowest BCUT2D eigenvalue weighted by molar-refractivity contribution is 0.220. The maximum absolute atomic E-state index is 12.1. The Balaban J connectivity index is 2.40. The summed E-state index contributed by atoms with van der Waals surface area (Å²) in [5.41, 5.74) is 2.34. The number of anilines is 1. The molecule has 0 bridgehead atoms. The third-order valence-electron chi connectivity index (χ3n) is 3.11. The lowest BCUT2D eigenvalue weighted by Gasteiger charge is -2.36. The SMILES string of the molecule is CC1CCc2ccccc2N1C(=O)N(C)C. The van der Waals surface area contributed by atoms with Crippen molar-refractivity contribution in [1.82, 2.24) is 4.90 Å². The molecule has 3 nitrogen and oxygen atoms in total. The summed E-state index contributed by atoms with van der Waals surface area (Å²) in [7, 11) is 3.60. The lowest BCUT2D eigenvalue weighted by Crippen LogP contribution is -2.47. The first-order valence-corrected chi connectivity index (χ1v) is 5.69. The van der Waals surface area contributed by atoms with Gasteiger partial charge in [0.2, 0.25) is 0 Å². The predicted octanol–water partition coefficient (Wildman–Crippen LogP) is 2.51. The van der Waals surface area contributed by atoms with Gasteiger partial charge in [0.25, 0.3) is 0 Å². The second-order valence-electron chi connectivity index (χ2n) is 4.56. The van der Waals surface area contributed by atoms with Crippen molar-refractivity contribution in [2.75, 3.05) is 19.0 Å². The van der Waals surface area contributed by atoms with Crippen LogP contribution in [0.1, 0.15) is 18.9 Å². The van der Waals surface area contributed by atoms with Crippen molar-refractivity contribution >= 4 is 11.7 Å². The number of para-hydroxylation sites is 1. The van der Waals surface area contributed by atoms with Crippen LogP contribution in [0.15, 0.2) is 24.3 Å². The second-order valence-corrected chi connectivity index (χ2v) is 4.56. The number of urea groups is 1. The van der Waals surface area contributed by atoms with E-state index >= 15 is 0 Å². The van der Waals surface area contributed by atoms with Crippen LogP contribution in [0.4, 0.5) is 10.5 Å². The number of carbonyl (C=O) groups excluding carboxylic acids is 1. The number of hydrogen-bond donors (Lipinski definition) is 0. The quantitative estimate of drug-likeness (QED) is 0.656. The molecular formula is C13H18N2O. The van der Waals surface area contributed by atoms with E-state index < -0.39 is 0 Å². The zero-order valence-corrected chi connectivity index (χ0v) is 10.1. The van der Waals surface area contributed by atoms with Gasteiger partial charge in [-0.1, -0.05) is 18.2 Å². The highest BCUT2D eigenvalue weighted by Gasteiger charge is 2.28. The van der Waals surface area contributed by atoms with Crippen molar-refractivity contribution in [3.05, 3.63) is 29.8 Å². The number of rotatable bonds is 0. The average molecular weight is 218 g/mol. The summed E-state index contributed by atoms with van der Waals surface area (Å²) >= 11 is 0. The molecular weight excluding hydrogens is 200 g/mol. The Kier molecular flexibility index (Phi) is 2.86. The average Bonchev–Trinajstić information content (AvgIpc) is 2.28. The van der Waals surface area contributed by atoms with Gasteiger partial charge in [-0.25, -0.2) is 4.79 Å². The van der Waals surface area contributed by atoms with Crippen LogP contribution >= 0.6 is 0 Å². The van der Waals surface area contributed by atoms with Gasteiger partial charge in [0.1, 0.15) is 0 Å². The van der Waals surface area contributed by atoms with Crippen LogP contribution in [0.3, 0.4) is 0 Å². The molecule has 0 aliphatic carbocycles. The first-order chi connectivity index (χ1) is 7.61. The van der Waals surface area contributed by atoms with Crippen molar-refractivity contribution < 1.29 is 4.79 Å². The number of nitrogens with zero attached hydrogens (tertiary/aromatic N) is 2. The summed E-state index contributed by atoms with van der Waals surface area (Å²) in [6.07, 6.45) is 2.10. The van der Waals surface area contributed by atoms with Crippen molar-refractivity contribution in [3.63, 3.8) is 0 Å². The monoisotopic (exact) mass is 218 g/mol. The maximum Gasteiger partial charge on any atom is 0.324 e. The van der Waals surface area contributed by atoms with Gasteiger partial charge < -0.3 is 4.90 Å². The van der Waals surface area contributed by atoms with E-state index in [1.54, 1.807) is 19.0 Å². The van der Waals surface area contributed by atoms with Gasteiger partial charge in [-0.15, -0.1) is 0 Å². The van der Waals surface area contributed by atoms with Crippen LogP contribution in [0.2, 0.25) is 0 Å². The van der Waals surface area contributed by atoms with E-state index in [4.69, 9.17) is 0 Å². The molecule has 2 amide bonds. The minimum atomic E-state index is 0.0691. The molecule has 1 aliphatic heterocycles. The number of hydrogen-bond acceptors (Lipinski definition) is 1. The fraction of sp³-hybridized carbons (Fsp3) is 0.462. The Morgan fingerprint density at radius 3 is 2.75 bits per heavy atom. The normalized spacial score (nSPS) is 19.2. The number of aryl methyl sites for hydroxylation is 1. The molecule has 0 spiro atoms. The molecule has 86 valence electrons. The molecule has 0 saturated heterocycles. The van der Waals surface area contributed by atoms with Gasteiger partial charge in [-0.3, -0.25) is 4.90 Å². The van der Waals surface area contributed by atoms with Gasteiger partial charge in [0.15, 0.2) is 0 Å². The fourth-order valence-corrected chi connectivity index (χ4v) is 2.20. The number of carbonyl (C=O) groups is 1. The summed E-state index contributed by atoms with van der Waals surface area (Å²) in [6, 6.07) is 8.52. The highest BCUT2D eigenvalue weighted by atomic mass is 16.2. The van der Waals surface area contributed by atoms with Crippen molar-refractivity contribution in [2.45, 2.75) is 25.8 Å². The lowest BCUT2D eigenvalue weighted by atomic mass is 9.97. The van der Waals surface area contributed by atoms with E-state index in [1.165, 1.54) is 5.56 Å². The predicted molar refractivity (Wildman–Crippen MR) is 65.8 cm³/mol. The molecule has 1 aromatic rings. The fourth-order valence-electron chi connectivity index (χ4n) is 2.20. The van der Waals surface area contributed by atoms with Crippen LogP contribution < -0.4 is 4.90 Å². The van der Waals surface area contributed by atoms with Crippen molar-refractivity contribution in [1.29, 1.82) is 0 Å². The summed E-state index contributed by atoms with van der Waals surface area (Å²) in [4.78, 5) is 15.7. The molecule has 0 saturated carbocycles.